The first-order valence-electron chi connectivity index (χ1n) is 11.3. The van der Waals surface area contributed by atoms with Gasteiger partial charge in [-0.2, -0.15) is 5.26 Å². The van der Waals surface area contributed by atoms with Crippen molar-refractivity contribution in [1.29, 1.82) is 5.26 Å². The molecular formula is C30H22Br2N2. The van der Waals surface area contributed by atoms with Crippen LogP contribution in [0.1, 0.15) is 24.8 Å². The van der Waals surface area contributed by atoms with Crippen molar-refractivity contribution in [2.45, 2.75) is 19.3 Å². The summed E-state index contributed by atoms with van der Waals surface area (Å²) in [5.74, 6) is 0. The maximum absolute atomic E-state index is 9.15. The second kappa shape index (κ2) is 10.0. The number of hydrogen-bond acceptors (Lipinski definition) is 2. The zero-order chi connectivity index (χ0) is 23.5. The third-order valence-electron chi connectivity index (χ3n) is 6.11. The van der Waals surface area contributed by atoms with Crippen molar-refractivity contribution in [3.05, 3.63) is 117 Å². The van der Waals surface area contributed by atoms with Gasteiger partial charge in [-0.1, -0.05) is 68.3 Å². The minimum Gasteiger partial charge on any atom is -0.314 e. The molecule has 0 fully saturated rings. The van der Waals surface area contributed by atoms with Gasteiger partial charge in [0.25, 0.3) is 0 Å². The van der Waals surface area contributed by atoms with Crippen molar-refractivity contribution < 1.29 is 0 Å². The molecule has 4 aromatic rings. The highest BCUT2D eigenvalue weighted by Gasteiger charge is 2.16. The Morgan fingerprint density at radius 1 is 0.676 bits per heavy atom. The third-order valence-corrected chi connectivity index (χ3v) is 7.29. The standard InChI is InChI=1S/C30H22Br2N2/c31-26-2-1-3-28(15-10-26)34(30-16-11-27(32)12-17-30)29-13-8-22(9-14-29)24-7-6-23-18-21(20-33)4-5-25(23)19-24/h4-19H,1-3H2. The van der Waals surface area contributed by atoms with Crippen LogP contribution in [-0.2, 0) is 0 Å². The van der Waals surface area contributed by atoms with Gasteiger partial charge >= 0.3 is 0 Å². The number of nitriles is 1. The molecule has 4 aromatic carbocycles. The third kappa shape index (κ3) is 4.87. The smallest absolute Gasteiger partial charge is 0.0991 e. The van der Waals surface area contributed by atoms with Gasteiger partial charge in [-0.05, 0) is 106 Å². The van der Waals surface area contributed by atoms with E-state index in [9.17, 15) is 0 Å². The molecule has 0 aromatic heterocycles. The number of hydrogen-bond donors (Lipinski definition) is 0. The van der Waals surface area contributed by atoms with Crippen LogP contribution in [0.15, 0.2) is 112 Å². The van der Waals surface area contributed by atoms with Crippen LogP contribution >= 0.6 is 31.9 Å². The van der Waals surface area contributed by atoms with Crippen molar-refractivity contribution in [3.63, 3.8) is 0 Å². The number of benzene rings is 4. The highest BCUT2D eigenvalue weighted by Crippen LogP contribution is 2.36. The number of anilines is 2. The molecule has 1 aliphatic rings. The van der Waals surface area contributed by atoms with Gasteiger partial charge in [0, 0.05) is 21.5 Å². The van der Waals surface area contributed by atoms with Crippen LogP contribution in [-0.4, -0.2) is 0 Å². The van der Waals surface area contributed by atoms with Gasteiger partial charge in [0.1, 0.15) is 0 Å². The zero-order valence-corrected chi connectivity index (χ0v) is 21.7. The largest absolute Gasteiger partial charge is 0.314 e. The zero-order valence-electron chi connectivity index (χ0n) is 18.5. The molecule has 0 amide bonds. The Hall–Kier alpha value is -3.13. The van der Waals surface area contributed by atoms with E-state index in [0.717, 1.165) is 45.9 Å². The first-order chi connectivity index (χ1) is 16.6. The van der Waals surface area contributed by atoms with E-state index in [1.165, 1.54) is 21.3 Å². The van der Waals surface area contributed by atoms with E-state index < -0.39 is 0 Å². The van der Waals surface area contributed by atoms with Crippen molar-refractivity contribution in [1.82, 2.24) is 0 Å². The fourth-order valence-electron chi connectivity index (χ4n) is 4.35. The van der Waals surface area contributed by atoms with E-state index in [1.807, 2.05) is 18.2 Å². The molecule has 0 spiro atoms. The number of rotatable bonds is 4. The van der Waals surface area contributed by atoms with E-state index in [0.29, 0.717) is 5.56 Å². The van der Waals surface area contributed by atoms with Gasteiger partial charge in [-0.3, -0.25) is 0 Å². The van der Waals surface area contributed by atoms with Crippen molar-refractivity contribution in [3.8, 4) is 17.2 Å². The van der Waals surface area contributed by atoms with Crippen LogP contribution in [0, 0.1) is 11.3 Å². The monoisotopic (exact) mass is 568 g/mol. The summed E-state index contributed by atoms with van der Waals surface area (Å²) in [6, 6.07) is 31.7. The molecule has 0 atom stereocenters. The van der Waals surface area contributed by atoms with Gasteiger partial charge in [0.05, 0.1) is 11.6 Å². The minimum absolute atomic E-state index is 0.687. The highest BCUT2D eigenvalue weighted by atomic mass is 79.9. The molecule has 1 aliphatic carbocycles. The van der Waals surface area contributed by atoms with Crippen molar-refractivity contribution in [2.75, 3.05) is 4.90 Å². The summed E-state index contributed by atoms with van der Waals surface area (Å²) in [6.45, 7) is 0. The molecule has 0 saturated heterocycles. The highest BCUT2D eigenvalue weighted by molar-refractivity contribution is 9.11. The lowest BCUT2D eigenvalue weighted by Crippen LogP contribution is -2.16. The Morgan fingerprint density at radius 2 is 1.32 bits per heavy atom. The second-order valence-electron chi connectivity index (χ2n) is 8.37. The molecule has 0 N–H and O–H groups in total. The Balaban J connectivity index is 1.51. The lowest BCUT2D eigenvalue weighted by atomic mass is 9.99. The lowest BCUT2D eigenvalue weighted by Gasteiger charge is -2.28. The Labute approximate surface area is 217 Å². The van der Waals surface area contributed by atoms with Gasteiger partial charge in [0.2, 0.25) is 0 Å². The molecule has 34 heavy (non-hydrogen) atoms. The SMILES string of the molecule is N#Cc1ccc2cc(-c3ccc(N(C4=CC=C(Br)CCC4)c4ccc(Br)cc4)cc3)ccc2c1. The van der Waals surface area contributed by atoms with Crippen LogP contribution in [0.4, 0.5) is 11.4 Å². The molecule has 4 heteroatoms. The van der Waals surface area contributed by atoms with Gasteiger partial charge in [0.15, 0.2) is 0 Å². The van der Waals surface area contributed by atoms with Gasteiger partial charge < -0.3 is 4.90 Å². The lowest BCUT2D eigenvalue weighted by molar-refractivity contribution is 0.819. The van der Waals surface area contributed by atoms with Crippen LogP contribution in [0.3, 0.4) is 0 Å². The topological polar surface area (TPSA) is 27.0 Å². The van der Waals surface area contributed by atoms with E-state index in [-0.39, 0.29) is 0 Å². The summed E-state index contributed by atoms with van der Waals surface area (Å²) in [6.07, 6.45) is 7.59. The summed E-state index contributed by atoms with van der Waals surface area (Å²) in [5, 5.41) is 11.4. The number of fused-ring (bicyclic) bond motifs is 1. The molecule has 0 unspecified atom stereocenters. The molecule has 0 radical (unpaired) electrons. The molecule has 2 nitrogen and oxygen atoms in total. The predicted octanol–water partition coefficient (Wildman–Crippen LogP) is 9.63. The van der Waals surface area contributed by atoms with Crippen molar-refractivity contribution >= 4 is 54.0 Å². The Morgan fingerprint density at radius 3 is 2.06 bits per heavy atom. The maximum atomic E-state index is 9.15. The van der Waals surface area contributed by atoms with Gasteiger partial charge in [-0.15, -0.1) is 0 Å². The summed E-state index contributed by atoms with van der Waals surface area (Å²) in [4.78, 5) is 2.35. The fourth-order valence-corrected chi connectivity index (χ4v) is 5.02. The first-order valence-corrected chi connectivity index (χ1v) is 12.8. The van der Waals surface area contributed by atoms with Gasteiger partial charge in [-0.25, -0.2) is 0 Å². The Bertz CT molecular complexity index is 1440. The van der Waals surface area contributed by atoms with Crippen LogP contribution in [0.25, 0.3) is 21.9 Å². The molecule has 5 rings (SSSR count). The van der Waals surface area contributed by atoms with E-state index in [2.05, 4.69) is 122 Å². The molecule has 0 aliphatic heterocycles. The van der Waals surface area contributed by atoms with Crippen molar-refractivity contribution in [2.24, 2.45) is 0 Å². The summed E-state index contributed by atoms with van der Waals surface area (Å²) < 4.78 is 2.31. The number of halogens is 2. The molecule has 166 valence electrons. The maximum Gasteiger partial charge on any atom is 0.0991 e. The molecular weight excluding hydrogens is 548 g/mol. The first kappa shape index (κ1) is 22.7. The normalized spacial score (nSPS) is 13.6. The molecule has 0 saturated carbocycles. The quantitative estimate of drug-likeness (QED) is 0.244. The average Bonchev–Trinajstić information content (AvgIpc) is 3.09. The van der Waals surface area contributed by atoms with Crippen LogP contribution in [0.5, 0.6) is 0 Å². The van der Waals surface area contributed by atoms with E-state index >= 15 is 0 Å². The Kier molecular flexibility index (Phi) is 6.67. The summed E-state index contributed by atoms with van der Waals surface area (Å²) in [5.41, 5.74) is 6.59. The average molecular weight is 570 g/mol. The minimum atomic E-state index is 0.687. The number of allylic oxidation sites excluding steroid dienone is 4. The van der Waals surface area contributed by atoms with E-state index in [1.54, 1.807) is 0 Å². The summed E-state index contributed by atoms with van der Waals surface area (Å²) >= 11 is 7.24. The predicted molar refractivity (Wildman–Crippen MR) is 149 cm³/mol. The fraction of sp³-hybridized carbons (Fsp3) is 0.100. The van der Waals surface area contributed by atoms with Crippen LogP contribution < -0.4 is 4.90 Å². The number of nitrogens with zero attached hydrogens (tertiary/aromatic N) is 2. The molecule has 0 heterocycles. The second-order valence-corrected chi connectivity index (χ2v) is 10.3. The van der Waals surface area contributed by atoms with E-state index in [4.69, 9.17) is 5.26 Å². The van der Waals surface area contributed by atoms with Crippen LogP contribution in [0.2, 0.25) is 0 Å². The molecule has 0 bridgehead atoms. The summed E-state index contributed by atoms with van der Waals surface area (Å²) in [7, 11) is 0.